The Labute approximate surface area is 98.7 Å². The lowest BCUT2D eigenvalue weighted by Gasteiger charge is -2.04. The highest BCUT2D eigenvalue weighted by molar-refractivity contribution is 6.00. The molecule has 0 unspecified atom stereocenters. The van der Waals surface area contributed by atoms with E-state index in [-0.39, 0.29) is 6.61 Å². The van der Waals surface area contributed by atoms with Gasteiger partial charge in [-0.25, -0.2) is 4.79 Å². The number of ether oxygens (including phenoxy) is 1. The van der Waals surface area contributed by atoms with Crippen molar-refractivity contribution in [1.29, 1.82) is 5.26 Å². The summed E-state index contributed by atoms with van der Waals surface area (Å²) < 4.78 is 4.66. The minimum atomic E-state index is -0.843. The van der Waals surface area contributed by atoms with Crippen LogP contribution in [0.2, 0.25) is 0 Å². The van der Waals surface area contributed by atoms with Crippen LogP contribution in [-0.4, -0.2) is 17.7 Å². The lowest BCUT2D eigenvalue weighted by atomic mass is 10.1. The smallest absolute Gasteiger partial charge is 0.352 e. The first-order chi connectivity index (χ1) is 8.10. The van der Waals surface area contributed by atoms with Gasteiger partial charge in [-0.15, -0.1) is 0 Å². The zero-order chi connectivity index (χ0) is 12.8. The van der Waals surface area contributed by atoms with Crippen molar-refractivity contribution in [2.45, 2.75) is 6.92 Å². The van der Waals surface area contributed by atoms with Crippen LogP contribution < -0.4 is 5.73 Å². The average molecular weight is 232 g/mol. The minimum Gasteiger partial charge on any atom is -0.506 e. The summed E-state index contributed by atoms with van der Waals surface area (Å²) in [4.78, 5) is 11.4. The predicted molar refractivity (Wildman–Crippen MR) is 62.6 cm³/mol. The van der Waals surface area contributed by atoms with Gasteiger partial charge >= 0.3 is 5.97 Å². The Bertz CT molecular complexity index is 483. The fraction of sp³-hybridized carbons (Fsp3) is 0.167. The average Bonchev–Trinajstić information content (AvgIpc) is 2.31. The van der Waals surface area contributed by atoms with E-state index < -0.39 is 17.3 Å². The van der Waals surface area contributed by atoms with Crippen molar-refractivity contribution in [2.24, 2.45) is 0 Å². The van der Waals surface area contributed by atoms with Crippen molar-refractivity contribution >= 4 is 17.4 Å². The fourth-order valence-corrected chi connectivity index (χ4v) is 1.18. The van der Waals surface area contributed by atoms with Crippen LogP contribution in [0.3, 0.4) is 0 Å². The highest BCUT2D eigenvalue weighted by Gasteiger charge is 2.17. The van der Waals surface area contributed by atoms with Gasteiger partial charge in [-0.2, -0.15) is 5.26 Å². The molecule has 0 aliphatic rings. The molecule has 0 radical (unpaired) electrons. The summed E-state index contributed by atoms with van der Waals surface area (Å²) in [6.07, 6.45) is 0. The number of nitrogen functional groups attached to an aromatic ring is 1. The molecule has 0 aliphatic carbocycles. The van der Waals surface area contributed by atoms with Crippen LogP contribution >= 0.6 is 0 Å². The third kappa shape index (κ3) is 2.98. The maximum Gasteiger partial charge on any atom is 0.352 e. The number of esters is 1. The Kier molecular flexibility index (Phi) is 4.12. The molecule has 1 rings (SSSR count). The van der Waals surface area contributed by atoms with Gasteiger partial charge in [0.2, 0.25) is 0 Å². The Morgan fingerprint density at radius 2 is 2.06 bits per heavy atom. The summed E-state index contributed by atoms with van der Waals surface area (Å²) in [6.45, 7) is 1.76. The zero-order valence-electron chi connectivity index (χ0n) is 9.30. The molecule has 1 aromatic rings. The van der Waals surface area contributed by atoms with Gasteiger partial charge < -0.3 is 15.6 Å². The number of benzene rings is 1. The van der Waals surface area contributed by atoms with E-state index in [4.69, 9.17) is 11.0 Å². The van der Waals surface area contributed by atoms with Crippen LogP contribution in [0, 0.1) is 11.3 Å². The molecule has 0 spiro atoms. The molecule has 0 amide bonds. The molecule has 0 heterocycles. The summed E-state index contributed by atoms with van der Waals surface area (Å²) in [5, 5.41) is 18.6. The van der Waals surface area contributed by atoms with E-state index in [2.05, 4.69) is 4.74 Å². The molecular formula is C12H12N2O3. The number of carbonyl (C=O) groups excluding carboxylic acids is 1. The second kappa shape index (κ2) is 5.56. The molecule has 3 N–H and O–H groups in total. The van der Waals surface area contributed by atoms with Crippen molar-refractivity contribution in [1.82, 2.24) is 0 Å². The van der Waals surface area contributed by atoms with E-state index in [9.17, 15) is 9.90 Å². The number of carbonyl (C=O) groups is 1. The summed E-state index contributed by atoms with van der Waals surface area (Å²) in [7, 11) is 0. The number of hydrogen-bond donors (Lipinski definition) is 2. The second-order valence-corrected chi connectivity index (χ2v) is 3.18. The van der Waals surface area contributed by atoms with Crippen molar-refractivity contribution in [3.05, 3.63) is 35.4 Å². The molecular weight excluding hydrogens is 220 g/mol. The monoisotopic (exact) mass is 232 g/mol. The maximum atomic E-state index is 11.4. The van der Waals surface area contributed by atoms with Crippen LogP contribution in [0.1, 0.15) is 12.5 Å². The lowest BCUT2D eigenvalue weighted by Crippen LogP contribution is -2.08. The number of aliphatic hydroxyl groups is 1. The van der Waals surface area contributed by atoms with E-state index in [1.807, 2.05) is 0 Å². The summed E-state index contributed by atoms with van der Waals surface area (Å²) in [6, 6.07) is 7.78. The van der Waals surface area contributed by atoms with Crippen LogP contribution in [0.5, 0.6) is 0 Å². The number of nitrogens with two attached hydrogens (primary N) is 1. The molecule has 0 bridgehead atoms. The van der Waals surface area contributed by atoms with E-state index in [0.29, 0.717) is 11.3 Å². The van der Waals surface area contributed by atoms with E-state index in [0.717, 1.165) is 0 Å². The number of nitrogens with zero attached hydrogens (tertiary/aromatic N) is 1. The van der Waals surface area contributed by atoms with Crippen LogP contribution in [-0.2, 0) is 9.53 Å². The zero-order valence-corrected chi connectivity index (χ0v) is 9.30. The molecule has 0 fully saturated rings. The summed E-state index contributed by atoms with van der Waals surface area (Å²) in [5.74, 6) is -1.25. The van der Waals surface area contributed by atoms with Crippen molar-refractivity contribution in [2.75, 3.05) is 12.3 Å². The highest BCUT2D eigenvalue weighted by Crippen LogP contribution is 2.18. The van der Waals surface area contributed by atoms with Gasteiger partial charge in [-0.3, -0.25) is 0 Å². The number of hydrogen-bond acceptors (Lipinski definition) is 5. The SMILES string of the molecule is CCOC(=O)/C(C#N)=C(/O)c1ccc(N)cc1. The molecule has 1 aromatic carbocycles. The Morgan fingerprint density at radius 1 is 1.47 bits per heavy atom. The first-order valence-electron chi connectivity index (χ1n) is 4.96. The van der Waals surface area contributed by atoms with Gasteiger partial charge in [-0.05, 0) is 31.2 Å². The largest absolute Gasteiger partial charge is 0.506 e. The Morgan fingerprint density at radius 3 is 2.53 bits per heavy atom. The number of rotatable bonds is 3. The van der Waals surface area contributed by atoms with Gasteiger partial charge in [0.1, 0.15) is 11.8 Å². The third-order valence-corrected chi connectivity index (χ3v) is 2.01. The maximum absolute atomic E-state index is 11.4. The summed E-state index contributed by atoms with van der Waals surface area (Å²) >= 11 is 0. The van der Waals surface area contributed by atoms with Gasteiger partial charge in [0, 0.05) is 11.3 Å². The molecule has 5 nitrogen and oxygen atoms in total. The molecule has 17 heavy (non-hydrogen) atoms. The van der Waals surface area contributed by atoms with E-state index in [1.54, 1.807) is 25.1 Å². The third-order valence-electron chi connectivity index (χ3n) is 2.01. The highest BCUT2D eigenvalue weighted by atomic mass is 16.5. The molecule has 0 aliphatic heterocycles. The van der Waals surface area contributed by atoms with Gasteiger partial charge in [0.05, 0.1) is 6.61 Å². The number of anilines is 1. The van der Waals surface area contributed by atoms with Gasteiger partial charge in [0.25, 0.3) is 0 Å². The Balaban J connectivity index is 3.13. The number of aliphatic hydroxyl groups excluding tert-OH is 1. The fourth-order valence-electron chi connectivity index (χ4n) is 1.18. The minimum absolute atomic E-state index is 0.138. The first kappa shape index (κ1) is 12.6. The van der Waals surface area contributed by atoms with Crippen LogP contribution in [0.25, 0.3) is 5.76 Å². The lowest BCUT2D eigenvalue weighted by molar-refractivity contribution is -0.138. The van der Waals surface area contributed by atoms with Crippen LogP contribution in [0.15, 0.2) is 29.8 Å². The van der Waals surface area contributed by atoms with Crippen molar-refractivity contribution in [3.63, 3.8) is 0 Å². The molecule has 0 saturated heterocycles. The van der Waals surface area contributed by atoms with E-state index in [1.165, 1.54) is 12.1 Å². The van der Waals surface area contributed by atoms with Gasteiger partial charge in [0.15, 0.2) is 5.57 Å². The first-order valence-corrected chi connectivity index (χ1v) is 4.96. The predicted octanol–water partition coefficient (Wildman–Crippen LogP) is 1.62. The van der Waals surface area contributed by atoms with Crippen molar-refractivity contribution < 1.29 is 14.6 Å². The number of nitriles is 1. The van der Waals surface area contributed by atoms with Crippen molar-refractivity contribution in [3.8, 4) is 6.07 Å². The molecule has 0 saturated carbocycles. The molecule has 5 heteroatoms. The Hall–Kier alpha value is -2.48. The van der Waals surface area contributed by atoms with Gasteiger partial charge in [-0.1, -0.05) is 0 Å². The van der Waals surface area contributed by atoms with Crippen LogP contribution in [0.4, 0.5) is 5.69 Å². The molecule has 0 aromatic heterocycles. The topological polar surface area (TPSA) is 96.3 Å². The van der Waals surface area contributed by atoms with E-state index >= 15 is 0 Å². The second-order valence-electron chi connectivity index (χ2n) is 3.18. The molecule has 0 atom stereocenters. The summed E-state index contributed by atoms with van der Waals surface area (Å²) in [5.41, 5.74) is 5.93. The quantitative estimate of drug-likeness (QED) is 0.271. The standard InChI is InChI=1S/C12H12N2O3/c1-2-17-12(16)10(7-13)11(15)8-3-5-9(14)6-4-8/h3-6,15H,2,14H2,1H3/b11-10+. The molecule has 88 valence electrons. The normalized spacial score (nSPS) is 11.3.